The number of anilines is 1. The second-order valence-corrected chi connectivity index (χ2v) is 5.91. The van der Waals surface area contributed by atoms with Crippen molar-refractivity contribution in [3.8, 4) is 0 Å². The van der Waals surface area contributed by atoms with Crippen LogP contribution in [0.5, 0.6) is 0 Å². The predicted molar refractivity (Wildman–Crippen MR) is 77.4 cm³/mol. The summed E-state index contributed by atoms with van der Waals surface area (Å²) in [6.07, 6.45) is 4.63. The molecule has 20 heavy (non-hydrogen) atoms. The van der Waals surface area contributed by atoms with Crippen LogP contribution in [0.25, 0.3) is 0 Å². The van der Waals surface area contributed by atoms with Gasteiger partial charge in [0.05, 0.1) is 11.4 Å². The van der Waals surface area contributed by atoms with Crippen LogP contribution in [0, 0.1) is 5.92 Å². The normalized spacial score (nSPS) is 23.1. The van der Waals surface area contributed by atoms with Crippen LogP contribution in [0.1, 0.15) is 42.4 Å². The minimum atomic E-state index is -0.164. The SMILES string of the molecule is CCc1[nH]nc(C(=O)NCC2CCN(C3CC3)C2)c1N. The van der Waals surface area contributed by atoms with Crippen LogP contribution in [-0.2, 0) is 6.42 Å². The molecule has 6 heteroatoms. The van der Waals surface area contributed by atoms with Crippen molar-refractivity contribution in [1.29, 1.82) is 0 Å². The zero-order chi connectivity index (χ0) is 14.1. The highest BCUT2D eigenvalue weighted by Gasteiger charge is 2.34. The number of aryl methyl sites for hydroxylation is 1. The number of aromatic amines is 1. The number of nitrogen functional groups attached to an aromatic ring is 1. The first-order valence-electron chi connectivity index (χ1n) is 7.54. The van der Waals surface area contributed by atoms with Crippen molar-refractivity contribution in [3.05, 3.63) is 11.4 Å². The smallest absolute Gasteiger partial charge is 0.273 e. The molecule has 3 rings (SSSR count). The van der Waals surface area contributed by atoms with Gasteiger partial charge in [-0.15, -0.1) is 0 Å². The molecule has 2 fully saturated rings. The molecule has 0 bridgehead atoms. The summed E-state index contributed by atoms with van der Waals surface area (Å²) in [5, 5.41) is 9.80. The maximum absolute atomic E-state index is 12.1. The molecule has 1 saturated carbocycles. The molecular weight excluding hydrogens is 254 g/mol. The Morgan fingerprint density at radius 1 is 1.50 bits per heavy atom. The Bertz CT molecular complexity index is 494. The monoisotopic (exact) mass is 277 g/mol. The van der Waals surface area contributed by atoms with Crippen LogP contribution < -0.4 is 11.1 Å². The number of H-pyrrole nitrogens is 1. The third-order valence-corrected chi connectivity index (χ3v) is 4.38. The Morgan fingerprint density at radius 3 is 2.95 bits per heavy atom. The molecular formula is C14H23N5O. The first kappa shape index (κ1) is 13.4. The molecule has 6 nitrogen and oxygen atoms in total. The summed E-state index contributed by atoms with van der Waals surface area (Å²) in [7, 11) is 0. The van der Waals surface area contributed by atoms with Crippen LogP contribution >= 0.6 is 0 Å². The number of likely N-dealkylation sites (tertiary alicyclic amines) is 1. The number of carbonyl (C=O) groups is 1. The second-order valence-electron chi connectivity index (χ2n) is 5.91. The van der Waals surface area contributed by atoms with Gasteiger partial charge in [0.2, 0.25) is 0 Å². The van der Waals surface area contributed by atoms with Crippen LogP contribution in [0.4, 0.5) is 5.69 Å². The van der Waals surface area contributed by atoms with E-state index < -0.39 is 0 Å². The summed E-state index contributed by atoms with van der Waals surface area (Å²) in [4.78, 5) is 14.6. The lowest BCUT2D eigenvalue weighted by Gasteiger charge is -2.14. The highest BCUT2D eigenvalue weighted by molar-refractivity contribution is 5.97. The van der Waals surface area contributed by atoms with E-state index in [2.05, 4.69) is 20.4 Å². The summed E-state index contributed by atoms with van der Waals surface area (Å²) in [5.41, 5.74) is 7.55. The minimum absolute atomic E-state index is 0.164. The van der Waals surface area contributed by atoms with Crippen LogP contribution in [0.2, 0.25) is 0 Å². The molecule has 1 amide bonds. The van der Waals surface area contributed by atoms with E-state index in [4.69, 9.17) is 5.73 Å². The first-order chi connectivity index (χ1) is 9.69. The van der Waals surface area contributed by atoms with Gasteiger partial charge >= 0.3 is 0 Å². The average Bonchev–Trinajstić information content (AvgIpc) is 3.07. The van der Waals surface area contributed by atoms with Gasteiger partial charge in [0.1, 0.15) is 0 Å². The Morgan fingerprint density at radius 2 is 2.30 bits per heavy atom. The molecule has 0 spiro atoms. The van der Waals surface area contributed by atoms with E-state index in [0.717, 1.165) is 31.2 Å². The van der Waals surface area contributed by atoms with Gasteiger partial charge in [0.25, 0.3) is 5.91 Å². The van der Waals surface area contributed by atoms with E-state index in [1.54, 1.807) is 0 Å². The zero-order valence-corrected chi connectivity index (χ0v) is 12.0. The third kappa shape index (κ3) is 2.65. The van der Waals surface area contributed by atoms with Crippen molar-refractivity contribution < 1.29 is 4.79 Å². The summed E-state index contributed by atoms with van der Waals surface area (Å²) in [6.45, 7) is 4.99. The Labute approximate surface area is 119 Å². The first-order valence-corrected chi connectivity index (χ1v) is 7.54. The van der Waals surface area contributed by atoms with Crippen molar-refractivity contribution in [2.24, 2.45) is 5.92 Å². The van der Waals surface area contributed by atoms with Gasteiger partial charge in [-0.3, -0.25) is 9.89 Å². The summed E-state index contributed by atoms with van der Waals surface area (Å²) in [5.74, 6) is 0.397. The van der Waals surface area contributed by atoms with Crippen LogP contribution in [0.3, 0.4) is 0 Å². The van der Waals surface area contributed by atoms with Gasteiger partial charge in [-0.1, -0.05) is 6.92 Å². The number of hydrogen-bond acceptors (Lipinski definition) is 4. The van der Waals surface area contributed by atoms with E-state index in [-0.39, 0.29) is 5.91 Å². The summed E-state index contributed by atoms with van der Waals surface area (Å²) >= 11 is 0. The lowest BCUT2D eigenvalue weighted by atomic mass is 10.1. The number of rotatable bonds is 5. The van der Waals surface area contributed by atoms with Crippen molar-refractivity contribution in [2.45, 2.75) is 38.6 Å². The highest BCUT2D eigenvalue weighted by atomic mass is 16.1. The number of hydrogen-bond donors (Lipinski definition) is 3. The van der Waals surface area contributed by atoms with Gasteiger partial charge < -0.3 is 16.0 Å². The molecule has 0 aromatic carbocycles. The van der Waals surface area contributed by atoms with Gasteiger partial charge in [0.15, 0.2) is 5.69 Å². The fourth-order valence-electron chi connectivity index (χ4n) is 2.95. The Balaban J connectivity index is 1.50. The van der Waals surface area contributed by atoms with Gasteiger partial charge in [0, 0.05) is 19.1 Å². The number of nitrogens with zero attached hydrogens (tertiary/aromatic N) is 2. The maximum Gasteiger partial charge on any atom is 0.273 e. The van der Waals surface area contributed by atoms with E-state index in [1.165, 1.54) is 25.8 Å². The maximum atomic E-state index is 12.1. The van der Waals surface area contributed by atoms with Gasteiger partial charge in [-0.2, -0.15) is 5.10 Å². The number of amides is 1. The van der Waals surface area contributed by atoms with E-state index >= 15 is 0 Å². The summed E-state index contributed by atoms with van der Waals surface area (Å²) in [6, 6.07) is 0.824. The molecule has 2 heterocycles. The predicted octanol–water partition coefficient (Wildman–Crippen LogP) is 0.768. The Hall–Kier alpha value is -1.56. The molecule has 1 atom stereocenters. The minimum Gasteiger partial charge on any atom is -0.395 e. The molecule has 2 aliphatic rings. The van der Waals surface area contributed by atoms with E-state index in [9.17, 15) is 4.79 Å². The standard InChI is InChI=1S/C14H23N5O/c1-2-11-12(15)13(18-17-11)14(20)16-7-9-5-6-19(8-9)10-3-4-10/h9-10H,2-8,15H2,1H3,(H,16,20)(H,17,18). The quantitative estimate of drug-likeness (QED) is 0.742. The van der Waals surface area contributed by atoms with Crippen LogP contribution in [0.15, 0.2) is 0 Å². The van der Waals surface area contributed by atoms with Gasteiger partial charge in [-0.05, 0) is 38.1 Å². The number of nitrogens with one attached hydrogen (secondary N) is 2. The Kier molecular flexibility index (Phi) is 3.65. The molecule has 1 saturated heterocycles. The molecule has 1 aliphatic heterocycles. The second kappa shape index (κ2) is 5.44. The molecule has 1 aliphatic carbocycles. The highest BCUT2D eigenvalue weighted by Crippen LogP contribution is 2.31. The fourth-order valence-corrected chi connectivity index (χ4v) is 2.95. The third-order valence-electron chi connectivity index (χ3n) is 4.38. The summed E-state index contributed by atoms with van der Waals surface area (Å²) < 4.78 is 0. The molecule has 4 N–H and O–H groups in total. The largest absolute Gasteiger partial charge is 0.395 e. The van der Waals surface area contributed by atoms with E-state index in [1.807, 2.05) is 6.92 Å². The molecule has 1 aromatic rings. The van der Waals surface area contributed by atoms with Crippen LogP contribution in [-0.4, -0.2) is 46.7 Å². The van der Waals surface area contributed by atoms with Crippen molar-refractivity contribution in [2.75, 3.05) is 25.4 Å². The molecule has 1 unspecified atom stereocenters. The lowest BCUT2D eigenvalue weighted by molar-refractivity contribution is 0.0943. The number of nitrogens with two attached hydrogens (primary N) is 1. The fraction of sp³-hybridized carbons (Fsp3) is 0.714. The van der Waals surface area contributed by atoms with Crippen molar-refractivity contribution >= 4 is 11.6 Å². The number of carbonyl (C=O) groups excluding carboxylic acids is 1. The topological polar surface area (TPSA) is 87.0 Å². The van der Waals surface area contributed by atoms with Gasteiger partial charge in [-0.25, -0.2) is 0 Å². The number of aromatic nitrogens is 2. The average molecular weight is 277 g/mol. The zero-order valence-electron chi connectivity index (χ0n) is 12.0. The lowest BCUT2D eigenvalue weighted by Crippen LogP contribution is -2.32. The molecule has 0 radical (unpaired) electrons. The van der Waals surface area contributed by atoms with Crippen molar-refractivity contribution in [3.63, 3.8) is 0 Å². The molecule has 110 valence electrons. The van der Waals surface area contributed by atoms with Crippen molar-refractivity contribution in [1.82, 2.24) is 20.4 Å². The molecule has 1 aromatic heterocycles. The van der Waals surface area contributed by atoms with E-state index in [0.29, 0.717) is 17.3 Å².